The van der Waals surface area contributed by atoms with Crippen molar-refractivity contribution in [2.75, 3.05) is 0 Å². The van der Waals surface area contributed by atoms with E-state index in [0.717, 1.165) is 0 Å². The smallest absolute Gasteiger partial charge is 0.269 e. The summed E-state index contributed by atoms with van der Waals surface area (Å²) in [5.41, 5.74) is -0.0241. The zero-order valence-corrected chi connectivity index (χ0v) is 7.39. The molecule has 0 fully saturated rings. The van der Waals surface area contributed by atoms with E-state index >= 15 is 0 Å². The van der Waals surface area contributed by atoms with E-state index in [1.54, 1.807) is 0 Å². The molecule has 0 saturated heterocycles. The molecule has 6 heteroatoms. The van der Waals surface area contributed by atoms with E-state index in [4.69, 9.17) is 5.41 Å². The Balaban J connectivity index is 2.64. The Bertz CT molecular complexity index is 347. The second kappa shape index (κ2) is 4.22. The Labute approximate surface area is 79.7 Å². The number of hydrogen-bond acceptors (Lipinski definition) is 5. The number of non-ortho nitro benzene ring substituents is 1. The van der Waals surface area contributed by atoms with E-state index in [2.05, 4.69) is 9.78 Å². The highest BCUT2D eigenvalue weighted by Crippen LogP contribution is 2.17. The fourth-order valence-electron chi connectivity index (χ4n) is 0.734. The van der Waals surface area contributed by atoms with Crippen LogP contribution in [0.5, 0.6) is 5.75 Å². The molecule has 1 aromatic rings. The number of nitro benzene ring substituents is 1. The van der Waals surface area contributed by atoms with Crippen LogP contribution in [-0.2, 0) is 4.89 Å². The Morgan fingerprint density at radius 2 is 2.00 bits per heavy atom. The summed E-state index contributed by atoms with van der Waals surface area (Å²) in [7, 11) is 0. The molecule has 1 aromatic carbocycles. The van der Waals surface area contributed by atoms with Gasteiger partial charge in [0.05, 0.1) is 4.92 Å². The molecule has 0 aliphatic carbocycles. The third-order valence-electron chi connectivity index (χ3n) is 1.31. The van der Waals surface area contributed by atoms with Crippen molar-refractivity contribution in [3.63, 3.8) is 0 Å². The summed E-state index contributed by atoms with van der Waals surface area (Å²) in [6.07, 6.45) is 0. The first-order valence-electron chi connectivity index (χ1n) is 3.74. The highest BCUT2D eigenvalue weighted by atomic mass is 17.2. The minimum Gasteiger partial charge on any atom is -0.289 e. The first kappa shape index (κ1) is 9.97. The molecule has 0 radical (unpaired) electrons. The third-order valence-corrected chi connectivity index (χ3v) is 1.31. The van der Waals surface area contributed by atoms with Crippen LogP contribution >= 0.6 is 0 Å². The molecule has 0 spiro atoms. The molecule has 0 aliphatic rings. The average Bonchev–Trinajstić information content (AvgIpc) is 2.15. The molecule has 6 nitrogen and oxygen atoms in total. The largest absolute Gasteiger partial charge is 0.289 e. The van der Waals surface area contributed by atoms with Crippen molar-refractivity contribution in [3.8, 4) is 5.75 Å². The zero-order valence-electron chi connectivity index (χ0n) is 7.39. The van der Waals surface area contributed by atoms with Crippen LogP contribution in [0.1, 0.15) is 6.92 Å². The number of benzene rings is 1. The first-order valence-corrected chi connectivity index (χ1v) is 3.74. The molecular weight excluding hydrogens is 188 g/mol. The maximum absolute atomic E-state index is 10.3. The lowest BCUT2D eigenvalue weighted by atomic mass is 10.3. The van der Waals surface area contributed by atoms with Crippen LogP contribution in [0.15, 0.2) is 24.3 Å². The van der Waals surface area contributed by atoms with Gasteiger partial charge >= 0.3 is 0 Å². The van der Waals surface area contributed by atoms with Gasteiger partial charge in [-0.2, -0.15) is 0 Å². The molecule has 0 amide bonds. The molecule has 0 unspecified atom stereocenters. The van der Waals surface area contributed by atoms with Gasteiger partial charge in [-0.05, 0) is 12.1 Å². The van der Waals surface area contributed by atoms with Gasteiger partial charge in [-0.15, -0.1) is 0 Å². The molecule has 74 valence electrons. The molecular formula is C8H8N2O4. The van der Waals surface area contributed by atoms with Crippen LogP contribution in [0.4, 0.5) is 5.69 Å². The molecule has 0 bridgehead atoms. The summed E-state index contributed by atoms with van der Waals surface area (Å²) >= 11 is 0. The lowest BCUT2D eigenvalue weighted by Crippen LogP contribution is -2.01. The van der Waals surface area contributed by atoms with Crippen molar-refractivity contribution >= 4 is 11.6 Å². The predicted molar refractivity (Wildman–Crippen MR) is 48.2 cm³/mol. The Kier molecular flexibility index (Phi) is 3.01. The zero-order chi connectivity index (χ0) is 10.6. The van der Waals surface area contributed by atoms with Gasteiger partial charge in [0.15, 0.2) is 5.75 Å². The van der Waals surface area contributed by atoms with Crippen molar-refractivity contribution < 1.29 is 14.7 Å². The van der Waals surface area contributed by atoms with E-state index < -0.39 is 4.92 Å². The Morgan fingerprint density at radius 1 is 1.43 bits per heavy atom. The number of rotatable bonds is 3. The summed E-state index contributed by atoms with van der Waals surface area (Å²) in [5, 5.41) is 17.2. The van der Waals surface area contributed by atoms with E-state index in [0.29, 0.717) is 5.75 Å². The lowest BCUT2D eigenvalue weighted by Gasteiger charge is -2.02. The minimum absolute atomic E-state index is 0.0241. The number of nitrogens with one attached hydrogen (secondary N) is 1. The van der Waals surface area contributed by atoms with Crippen molar-refractivity contribution in [2.24, 2.45) is 0 Å². The maximum atomic E-state index is 10.3. The molecule has 0 aromatic heterocycles. The Morgan fingerprint density at radius 3 is 2.43 bits per heavy atom. The molecule has 1 rings (SSSR count). The summed E-state index contributed by atoms with van der Waals surface area (Å²) in [6.45, 7) is 1.41. The van der Waals surface area contributed by atoms with Crippen molar-refractivity contribution in [2.45, 2.75) is 6.92 Å². The van der Waals surface area contributed by atoms with Crippen LogP contribution in [0.25, 0.3) is 0 Å². The van der Waals surface area contributed by atoms with Crippen LogP contribution in [0.3, 0.4) is 0 Å². The van der Waals surface area contributed by atoms with Crippen molar-refractivity contribution in [1.29, 1.82) is 5.41 Å². The van der Waals surface area contributed by atoms with Gasteiger partial charge in [0.2, 0.25) is 5.90 Å². The fourth-order valence-corrected chi connectivity index (χ4v) is 0.734. The van der Waals surface area contributed by atoms with E-state index in [9.17, 15) is 10.1 Å². The maximum Gasteiger partial charge on any atom is 0.269 e. The SMILES string of the molecule is CC(=N)OOc1ccc([N+](=O)[O-])cc1. The quantitative estimate of drug-likeness (QED) is 0.263. The standard InChI is InChI=1S/C8H8N2O4/c1-6(9)13-14-8-4-2-7(3-5-8)10(11)12/h2-5,9H,1H3. The second-order valence-electron chi connectivity index (χ2n) is 2.47. The lowest BCUT2D eigenvalue weighted by molar-refractivity contribution is -0.384. The van der Waals surface area contributed by atoms with Crippen molar-refractivity contribution in [3.05, 3.63) is 34.4 Å². The van der Waals surface area contributed by atoms with E-state index in [-0.39, 0.29) is 11.6 Å². The topological polar surface area (TPSA) is 85.5 Å². The van der Waals surface area contributed by atoms with Crippen LogP contribution in [-0.4, -0.2) is 10.8 Å². The van der Waals surface area contributed by atoms with Gasteiger partial charge in [-0.3, -0.25) is 25.3 Å². The first-order chi connectivity index (χ1) is 6.59. The van der Waals surface area contributed by atoms with Crippen LogP contribution < -0.4 is 4.89 Å². The van der Waals surface area contributed by atoms with E-state index in [1.165, 1.54) is 31.2 Å². The van der Waals surface area contributed by atoms with Gasteiger partial charge < -0.3 is 0 Å². The van der Waals surface area contributed by atoms with Crippen LogP contribution in [0, 0.1) is 15.5 Å². The van der Waals surface area contributed by atoms with Gasteiger partial charge in [-0.25, -0.2) is 0 Å². The number of hydrogen-bond donors (Lipinski definition) is 1. The Hall–Kier alpha value is -2.11. The van der Waals surface area contributed by atoms with Crippen molar-refractivity contribution in [1.82, 2.24) is 0 Å². The molecule has 14 heavy (non-hydrogen) atoms. The highest BCUT2D eigenvalue weighted by Gasteiger charge is 2.04. The molecule has 0 heterocycles. The third kappa shape index (κ3) is 2.74. The predicted octanol–water partition coefficient (Wildman–Crippen LogP) is 1.90. The monoisotopic (exact) mass is 196 g/mol. The van der Waals surface area contributed by atoms with Gasteiger partial charge in [0.1, 0.15) is 0 Å². The fraction of sp³-hybridized carbons (Fsp3) is 0.125. The summed E-state index contributed by atoms with van der Waals surface area (Å²) < 4.78 is 0. The second-order valence-corrected chi connectivity index (χ2v) is 2.47. The summed E-state index contributed by atoms with van der Waals surface area (Å²) in [4.78, 5) is 18.9. The number of nitrogens with zero attached hydrogens (tertiary/aromatic N) is 1. The molecule has 0 aliphatic heterocycles. The van der Waals surface area contributed by atoms with Gasteiger partial charge in [0, 0.05) is 19.1 Å². The number of nitro groups is 1. The molecule has 1 N–H and O–H groups in total. The minimum atomic E-state index is -0.507. The van der Waals surface area contributed by atoms with Crippen LogP contribution in [0.2, 0.25) is 0 Å². The average molecular weight is 196 g/mol. The highest BCUT2D eigenvalue weighted by molar-refractivity contribution is 5.68. The van der Waals surface area contributed by atoms with Gasteiger partial charge in [-0.1, -0.05) is 0 Å². The van der Waals surface area contributed by atoms with Gasteiger partial charge in [0.25, 0.3) is 5.69 Å². The summed E-state index contributed by atoms with van der Waals surface area (Å²) in [6, 6.07) is 5.36. The molecule has 0 saturated carbocycles. The molecule has 0 atom stereocenters. The normalized spacial score (nSPS) is 9.21. The van der Waals surface area contributed by atoms with E-state index in [1.807, 2.05) is 0 Å². The summed E-state index contributed by atoms with van der Waals surface area (Å²) in [5.74, 6) is 0.213.